The van der Waals surface area contributed by atoms with Gasteiger partial charge in [-0.25, -0.2) is 9.97 Å². The molecule has 0 unspecified atom stereocenters. The number of aryl methyl sites for hydroxylation is 1. The maximum Gasteiger partial charge on any atom is 0.271 e. The summed E-state index contributed by atoms with van der Waals surface area (Å²) in [6.45, 7) is 11.3. The van der Waals surface area contributed by atoms with Crippen LogP contribution in [-0.4, -0.2) is 80.7 Å². The molecule has 4 heterocycles. The van der Waals surface area contributed by atoms with Gasteiger partial charge in [-0.3, -0.25) is 9.69 Å². The molecule has 0 saturated carbocycles. The van der Waals surface area contributed by atoms with Crippen LogP contribution in [-0.2, 0) is 6.54 Å². The molecule has 0 aliphatic carbocycles. The summed E-state index contributed by atoms with van der Waals surface area (Å²) in [5, 5.41) is 14.7. The number of carbonyl (C=O) groups excluding carboxylic acids is 1. The lowest BCUT2D eigenvalue weighted by Crippen LogP contribution is -2.48. The molecule has 1 saturated heterocycles. The number of aliphatic hydroxyl groups excluding tert-OH is 1. The van der Waals surface area contributed by atoms with Gasteiger partial charge in [0.15, 0.2) is 0 Å². The molecule has 44 heavy (non-hydrogen) atoms. The van der Waals surface area contributed by atoms with Crippen LogP contribution in [0.1, 0.15) is 41.5 Å². The van der Waals surface area contributed by atoms with Crippen LogP contribution < -0.4 is 10.2 Å². The number of anilines is 3. The molecule has 1 fully saturated rings. The Labute approximate surface area is 268 Å². The third-order valence-electron chi connectivity index (χ3n) is 8.59. The number of hydrogen-bond acceptors (Lipinski definition) is 7. The van der Waals surface area contributed by atoms with Crippen LogP contribution in [0.2, 0.25) is 10.0 Å². The summed E-state index contributed by atoms with van der Waals surface area (Å²) in [5.41, 5.74) is 5.62. The van der Waals surface area contributed by atoms with Crippen molar-refractivity contribution in [2.24, 2.45) is 0 Å². The first-order valence-electron chi connectivity index (χ1n) is 15.0. The van der Waals surface area contributed by atoms with Gasteiger partial charge in [0.05, 0.1) is 29.1 Å². The van der Waals surface area contributed by atoms with Crippen LogP contribution in [0.4, 0.5) is 17.3 Å². The summed E-state index contributed by atoms with van der Waals surface area (Å²) >= 11 is 12.9. The van der Waals surface area contributed by atoms with Gasteiger partial charge in [-0.1, -0.05) is 35.3 Å². The smallest absolute Gasteiger partial charge is 0.271 e. The van der Waals surface area contributed by atoms with Crippen molar-refractivity contribution in [3.05, 3.63) is 87.8 Å². The normalized spacial score (nSPS) is 16.4. The molecule has 230 valence electrons. The van der Waals surface area contributed by atoms with Gasteiger partial charge in [0.25, 0.3) is 5.91 Å². The maximum absolute atomic E-state index is 13.6. The van der Waals surface area contributed by atoms with E-state index in [1.807, 2.05) is 48.0 Å². The number of aliphatic hydroxyl groups is 1. The van der Waals surface area contributed by atoms with Gasteiger partial charge >= 0.3 is 0 Å². The zero-order valence-electron chi connectivity index (χ0n) is 25.2. The van der Waals surface area contributed by atoms with E-state index in [4.69, 9.17) is 28.2 Å². The number of nitrogens with one attached hydrogen (secondary N) is 1. The fourth-order valence-electron chi connectivity index (χ4n) is 6.08. The summed E-state index contributed by atoms with van der Waals surface area (Å²) in [6, 6.07) is 15.3. The van der Waals surface area contributed by atoms with E-state index in [1.54, 1.807) is 23.2 Å². The fourth-order valence-corrected chi connectivity index (χ4v) is 6.50. The molecule has 2 N–H and O–H groups in total. The second-order valence-corrected chi connectivity index (χ2v) is 12.5. The van der Waals surface area contributed by atoms with Crippen LogP contribution in [0.15, 0.2) is 60.9 Å². The molecule has 11 heteroatoms. The maximum atomic E-state index is 13.6. The van der Waals surface area contributed by atoms with Crippen molar-refractivity contribution in [3.8, 4) is 11.3 Å². The Hall–Kier alpha value is -3.63. The van der Waals surface area contributed by atoms with E-state index < -0.39 is 6.04 Å². The fraction of sp³-hybridized carbons (Fsp3) is 0.364. The number of halogens is 2. The van der Waals surface area contributed by atoms with E-state index in [1.165, 1.54) is 0 Å². The predicted molar refractivity (Wildman–Crippen MR) is 176 cm³/mol. The van der Waals surface area contributed by atoms with Crippen LogP contribution in [0.5, 0.6) is 0 Å². The van der Waals surface area contributed by atoms with Crippen molar-refractivity contribution >= 4 is 46.4 Å². The highest BCUT2D eigenvalue weighted by molar-refractivity contribution is 6.33. The molecule has 0 spiro atoms. The number of hydrogen-bond donors (Lipinski definition) is 2. The lowest BCUT2D eigenvalue weighted by molar-refractivity contribution is 0.0526. The molecule has 4 aromatic rings. The third kappa shape index (κ3) is 6.15. The average Bonchev–Trinajstić information content (AvgIpc) is 3.46. The topological polar surface area (TPSA) is 89.8 Å². The molecule has 0 radical (unpaired) electrons. The van der Waals surface area contributed by atoms with Crippen LogP contribution in [0, 0.1) is 6.92 Å². The van der Waals surface area contributed by atoms with Crippen molar-refractivity contribution < 1.29 is 9.90 Å². The van der Waals surface area contributed by atoms with E-state index in [0.29, 0.717) is 40.8 Å². The van der Waals surface area contributed by atoms with Crippen molar-refractivity contribution in [3.63, 3.8) is 0 Å². The highest BCUT2D eigenvalue weighted by Crippen LogP contribution is 2.33. The van der Waals surface area contributed by atoms with Crippen molar-refractivity contribution in [2.45, 2.75) is 39.4 Å². The zero-order chi connectivity index (χ0) is 31.0. The van der Waals surface area contributed by atoms with Gasteiger partial charge < -0.3 is 24.8 Å². The Bertz CT molecular complexity index is 1670. The number of fused-ring (bicyclic) bond motifs is 1. The minimum absolute atomic E-state index is 0.149. The standard InChI is InChI=1S/C33H37Cl2N7O2/c1-21(2)39-9-11-40(12-10-39)26-7-8-28(27(35)17-26)37-33-36-18-22(3)31(38-33)24-16-29-32(44)42(14-13-41(29)19-24)30(20-43)23-5-4-6-25(34)15-23/h4-8,15-19,21,30,43H,9-14,20H2,1-3H3,(H,36,37,38)/t30-/m0/s1. The van der Waals surface area contributed by atoms with E-state index in [-0.39, 0.29) is 12.5 Å². The summed E-state index contributed by atoms with van der Waals surface area (Å²) < 4.78 is 1.95. The molecule has 9 nitrogen and oxygen atoms in total. The first-order chi connectivity index (χ1) is 21.2. The van der Waals surface area contributed by atoms with E-state index in [0.717, 1.165) is 59.9 Å². The number of carbonyl (C=O) groups is 1. The second-order valence-electron chi connectivity index (χ2n) is 11.7. The average molecular weight is 635 g/mol. The molecule has 0 bridgehead atoms. The molecule has 1 amide bonds. The summed E-state index contributed by atoms with van der Waals surface area (Å²) in [4.78, 5) is 29.5. The molecular formula is C33H37Cl2N7O2. The van der Waals surface area contributed by atoms with Crippen molar-refractivity contribution in [1.29, 1.82) is 0 Å². The van der Waals surface area contributed by atoms with E-state index in [2.05, 4.69) is 40.0 Å². The SMILES string of the molecule is Cc1cnc(Nc2ccc(N3CCN(C(C)C)CC3)cc2Cl)nc1-c1cc2n(c1)CCN([C@@H](CO)c1cccc(Cl)c1)C2=O. The monoisotopic (exact) mass is 633 g/mol. The number of aromatic nitrogens is 3. The zero-order valence-corrected chi connectivity index (χ0v) is 26.7. The number of benzene rings is 2. The molecule has 2 aliphatic rings. The number of nitrogens with zero attached hydrogens (tertiary/aromatic N) is 6. The first-order valence-corrected chi connectivity index (χ1v) is 15.7. The summed E-state index contributed by atoms with van der Waals surface area (Å²) in [6.07, 6.45) is 3.73. The first kappa shape index (κ1) is 30.4. The summed E-state index contributed by atoms with van der Waals surface area (Å²) in [7, 11) is 0. The van der Waals surface area contributed by atoms with E-state index in [9.17, 15) is 9.90 Å². The molecule has 2 aromatic heterocycles. The Kier molecular flexibility index (Phi) is 8.82. The Morgan fingerprint density at radius 1 is 1.00 bits per heavy atom. The highest BCUT2D eigenvalue weighted by Gasteiger charge is 2.32. The van der Waals surface area contributed by atoms with Gasteiger partial charge in [-0.2, -0.15) is 0 Å². The van der Waals surface area contributed by atoms with Gasteiger partial charge in [0, 0.05) is 74.0 Å². The molecule has 2 aliphatic heterocycles. The number of amides is 1. The summed E-state index contributed by atoms with van der Waals surface area (Å²) in [5.74, 6) is 0.272. The van der Waals surface area contributed by atoms with Crippen LogP contribution in [0.25, 0.3) is 11.3 Å². The van der Waals surface area contributed by atoms with Gasteiger partial charge in [0.2, 0.25) is 5.95 Å². The molecular weight excluding hydrogens is 597 g/mol. The quantitative estimate of drug-likeness (QED) is 0.245. The van der Waals surface area contributed by atoms with Crippen LogP contribution in [0.3, 0.4) is 0 Å². The second kappa shape index (κ2) is 12.8. The lowest BCUT2D eigenvalue weighted by Gasteiger charge is -2.38. The predicted octanol–water partition coefficient (Wildman–Crippen LogP) is 6.02. The van der Waals surface area contributed by atoms with Crippen molar-refractivity contribution in [1.82, 2.24) is 24.3 Å². The molecule has 1 atom stereocenters. The largest absolute Gasteiger partial charge is 0.394 e. The minimum atomic E-state index is -0.481. The lowest BCUT2D eigenvalue weighted by atomic mass is 10.0. The molecule has 6 rings (SSSR count). The van der Waals surface area contributed by atoms with Gasteiger partial charge in [-0.15, -0.1) is 0 Å². The number of piperazine rings is 1. The Balaban J connectivity index is 1.20. The van der Waals surface area contributed by atoms with Crippen molar-refractivity contribution in [2.75, 3.05) is 49.5 Å². The van der Waals surface area contributed by atoms with Gasteiger partial charge in [0.1, 0.15) is 5.69 Å². The third-order valence-corrected chi connectivity index (χ3v) is 9.14. The van der Waals surface area contributed by atoms with Gasteiger partial charge in [-0.05, 0) is 68.3 Å². The van der Waals surface area contributed by atoms with Crippen LogP contribution >= 0.6 is 23.2 Å². The number of rotatable bonds is 8. The Morgan fingerprint density at radius 3 is 2.50 bits per heavy atom. The van der Waals surface area contributed by atoms with E-state index >= 15 is 0 Å². The minimum Gasteiger partial charge on any atom is -0.394 e. The highest BCUT2D eigenvalue weighted by atomic mass is 35.5. The molecule has 2 aromatic carbocycles. The Morgan fingerprint density at radius 2 is 1.80 bits per heavy atom.